The number of rotatable bonds is 3. The van der Waals surface area contributed by atoms with E-state index >= 15 is 0 Å². The lowest BCUT2D eigenvalue weighted by atomic mass is 10.1. The third kappa shape index (κ3) is 3.36. The SMILES string of the molecule is Cc1ccc(Oc2ccc(I)cc2)c(CCl)c1. The first-order chi connectivity index (χ1) is 8.19. The minimum absolute atomic E-state index is 0.460. The van der Waals surface area contributed by atoms with Crippen molar-refractivity contribution in [3.63, 3.8) is 0 Å². The molecule has 2 aromatic carbocycles. The van der Waals surface area contributed by atoms with Gasteiger partial charge in [-0.05, 0) is 59.8 Å². The van der Waals surface area contributed by atoms with Gasteiger partial charge >= 0.3 is 0 Å². The van der Waals surface area contributed by atoms with Crippen LogP contribution < -0.4 is 4.74 Å². The Hall–Kier alpha value is -0.740. The molecular weight excluding hydrogens is 347 g/mol. The number of halogens is 2. The largest absolute Gasteiger partial charge is 0.457 e. The lowest BCUT2D eigenvalue weighted by molar-refractivity contribution is 0.478. The first kappa shape index (κ1) is 12.7. The van der Waals surface area contributed by atoms with Crippen molar-refractivity contribution in [1.29, 1.82) is 0 Å². The van der Waals surface area contributed by atoms with Crippen molar-refractivity contribution in [3.05, 3.63) is 57.2 Å². The Morgan fingerprint density at radius 1 is 1.12 bits per heavy atom. The van der Waals surface area contributed by atoms with Crippen molar-refractivity contribution >= 4 is 34.2 Å². The summed E-state index contributed by atoms with van der Waals surface area (Å²) in [4.78, 5) is 0. The summed E-state index contributed by atoms with van der Waals surface area (Å²) in [6, 6.07) is 14.0. The van der Waals surface area contributed by atoms with E-state index in [1.165, 1.54) is 9.13 Å². The highest BCUT2D eigenvalue weighted by Crippen LogP contribution is 2.27. The van der Waals surface area contributed by atoms with Gasteiger partial charge in [0.05, 0.1) is 5.88 Å². The Morgan fingerprint density at radius 3 is 2.47 bits per heavy atom. The monoisotopic (exact) mass is 358 g/mol. The molecule has 1 nitrogen and oxygen atoms in total. The molecule has 0 fully saturated rings. The zero-order valence-electron chi connectivity index (χ0n) is 9.41. The van der Waals surface area contributed by atoms with E-state index in [4.69, 9.17) is 16.3 Å². The zero-order valence-corrected chi connectivity index (χ0v) is 12.3. The second-order valence-corrected chi connectivity index (χ2v) is 5.31. The molecule has 0 aliphatic rings. The molecule has 0 bridgehead atoms. The van der Waals surface area contributed by atoms with Gasteiger partial charge in [-0.3, -0.25) is 0 Å². The summed E-state index contributed by atoms with van der Waals surface area (Å²) < 4.78 is 7.01. The molecule has 0 radical (unpaired) electrons. The molecule has 0 saturated carbocycles. The van der Waals surface area contributed by atoms with Crippen LogP contribution in [0.5, 0.6) is 11.5 Å². The van der Waals surface area contributed by atoms with E-state index < -0.39 is 0 Å². The van der Waals surface area contributed by atoms with Gasteiger partial charge in [0.15, 0.2) is 0 Å². The highest BCUT2D eigenvalue weighted by atomic mass is 127. The van der Waals surface area contributed by atoms with Crippen molar-refractivity contribution in [2.45, 2.75) is 12.8 Å². The molecule has 2 rings (SSSR count). The van der Waals surface area contributed by atoms with Crippen LogP contribution >= 0.6 is 34.2 Å². The first-order valence-electron chi connectivity index (χ1n) is 5.28. The maximum Gasteiger partial charge on any atom is 0.131 e. The maximum absolute atomic E-state index is 5.91. The average molecular weight is 359 g/mol. The van der Waals surface area contributed by atoms with Crippen molar-refractivity contribution in [2.24, 2.45) is 0 Å². The highest BCUT2D eigenvalue weighted by Gasteiger charge is 2.04. The Labute approximate surface area is 120 Å². The van der Waals surface area contributed by atoms with Gasteiger partial charge in [0.1, 0.15) is 11.5 Å². The van der Waals surface area contributed by atoms with Crippen molar-refractivity contribution in [2.75, 3.05) is 0 Å². The second kappa shape index (κ2) is 5.74. The van der Waals surface area contributed by atoms with Gasteiger partial charge in [0.2, 0.25) is 0 Å². The summed E-state index contributed by atoms with van der Waals surface area (Å²) in [5, 5.41) is 0. The van der Waals surface area contributed by atoms with Gasteiger partial charge in [-0.25, -0.2) is 0 Å². The van der Waals surface area contributed by atoms with Gasteiger partial charge < -0.3 is 4.74 Å². The Morgan fingerprint density at radius 2 is 1.82 bits per heavy atom. The van der Waals surface area contributed by atoms with Crippen LogP contribution in [0, 0.1) is 10.5 Å². The smallest absolute Gasteiger partial charge is 0.131 e. The van der Waals surface area contributed by atoms with Crippen LogP contribution in [0.15, 0.2) is 42.5 Å². The summed E-state index contributed by atoms with van der Waals surface area (Å²) >= 11 is 8.18. The van der Waals surface area contributed by atoms with Gasteiger partial charge in [-0.1, -0.05) is 17.7 Å². The Balaban J connectivity index is 2.26. The molecule has 0 unspecified atom stereocenters. The van der Waals surface area contributed by atoms with Crippen LogP contribution in [0.4, 0.5) is 0 Å². The van der Waals surface area contributed by atoms with Crippen molar-refractivity contribution in [1.82, 2.24) is 0 Å². The van der Waals surface area contributed by atoms with Crippen LogP contribution in [0.25, 0.3) is 0 Å². The van der Waals surface area contributed by atoms with E-state index in [2.05, 4.69) is 28.7 Å². The van der Waals surface area contributed by atoms with Crippen molar-refractivity contribution < 1.29 is 4.74 Å². The molecule has 0 aliphatic heterocycles. The number of hydrogen-bond acceptors (Lipinski definition) is 1. The topological polar surface area (TPSA) is 9.23 Å². The molecule has 17 heavy (non-hydrogen) atoms. The van der Waals surface area contributed by atoms with Crippen LogP contribution in [-0.2, 0) is 5.88 Å². The normalized spacial score (nSPS) is 10.3. The van der Waals surface area contributed by atoms with Gasteiger partial charge in [-0.15, -0.1) is 11.6 Å². The Bertz CT molecular complexity index is 508. The molecule has 0 spiro atoms. The van der Waals surface area contributed by atoms with E-state index in [1.54, 1.807) is 0 Å². The summed E-state index contributed by atoms with van der Waals surface area (Å²) in [6.45, 7) is 2.05. The summed E-state index contributed by atoms with van der Waals surface area (Å²) in [6.07, 6.45) is 0. The first-order valence-corrected chi connectivity index (χ1v) is 6.89. The van der Waals surface area contributed by atoms with Crippen LogP contribution in [0.2, 0.25) is 0 Å². The fourth-order valence-corrected chi connectivity index (χ4v) is 2.11. The quantitative estimate of drug-likeness (QED) is 0.546. The standard InChI is InChI=1S/C14H12ClIO/c1-10-2-7-14(11(8-10)9-15)17-13-5-3-12(16)4-6-13/h2-8H,9H2,1H3. The second-order valence-electron chi connectivity index (χ2n) is 3.80. The summed E-state index contributed by atoms with van der Waals surface area (Å²) in [5.74, 6) is 2.12. The van der Waals surface area contributed by atoms with E-state index in [9.17, 15) is 0 Å². The van der Waals surface area contributed by atoms with Crippen LogP contribution in [-0.4, -0.2) is 0 Å². The molecule has 0 heterocycles. The molecule has 0 atom stereocenters. The molecule has 0 aliphatic carbocycles. The van der Waals surface area contributed by atoms with E-state index in [0.29, 0.717) is 5.88 Å². The lowest BCUT2D eigenvalue weighted by Crippen LogP contribution is -1.90. The van der Waals surface area contributed by atoms with E-state index in [0.717, 1.165) is 17.1 Å². The van der Waals surface area contributed by atoms with Gasteiger partial charge in [0, 0.05) is 9.13 Å². The fraction of sp³-hybridized carbons (Fsp3) is 0.143. The minimum Gasteiger partial charge on any atom is -0.457 e. The minimum atomic E-state index is 0.460. The molecule has 0 saturated heterocycles. The molecule has 2 aromatic rings. The van der Waals surface area contributed by atoms with Crippen molar-refractivity contribution in [3.8, 4) is 11.5 Å². The van der Waals surface area contributed by atoms with E-state index in [1.807, 2.05) is 43.3 Å². The summed E-state index contributed by atoms with van der Waals surface area (Å²) in [7, 11) is 0. The maximum atomic E-state index is 5.91. The third-order valence-corrected chi connectivity index (χ3v) is 3.41. The molecular formula is C14H12ClIO. The zero-order chi connectivity index (χ0) is 12.3. The number of benzene rings is 2. The highest BCUT2D eigenvalue weighted by molar-refractivity contribution is 14.1. The molecule has 3 heteroatoms. The molecule has 88 valence electrons. The van der Waals surface area contributed by atoms with Crippen LogP contribution in [0.3, 0.4) is 0 Å². The average Bonchev–Trinajstić information content (AvgIpc) is 2.34. The molecule has 0 N–H and O–H groups in total. The fourth-order valence-electron chi connectivity index (χ4n) is 1.54. The third-order valence-electron chi connectivity index (χ3n) is 2.40. The number of alkyl halides is 1. The predicted octanol–water partition coefficient (Wildman–Crippen LogP) is 5.13. The molecule has 0 aromatic heterocycles. The lowest BCUT2D eigenvalue weighted by Gasteiger charge is -2.10. The van der Waals surface area contributed by atoms with Gasteiger partial charge in [-0.2, -0.15) is 0 Å². The number of aryl methyl sites for hydroxylation is 1. The number of ether oxygens (including phenoxy) is 1. The van der Waals surface area contributed by atoms with Crippen LogP contribution in [0.1, 0.15) is 11.1 Å². The van der Waals surface area contributed by atoms with E-state index in [-0.39, 0.29) is 0 Å². The summed E-state index contributed by atoms with van der Waals surface area (Å²) in [5.41, 5.74) is 2.21. The number of hydrogen-bond donors (Lipinski definition) is 0. The van der Waals surface area contributed by atoms with Gasteiger partial charge in [0.25, 0.3) is 0 Å². The Kier molecular flexibility index (Phi) is 4.29. The molecule has 0 amide bonds. The predicted molar refractivity (Wildman–Crippen MR) is 80.0 cm³/mol.